The maximum atomic E-state index is 14.9. The first-order valence-corrected chi connectivity index (χ1v) is 11.8. The molecule has 5 rings (SSSR count). The number of aromatic amines is 1. The number of benzene rings is 2. The number of morpholine rings is 1. The molecule has 1 aliphatic heterocycles. The molecular formula is C26H27FN4O5. The third-order valence-corrected chi connectivity index (χ3v) is 6.03. The minimum Gasteiger partial charge on any atom is -0.493 e. The maximum Gasteiger partial charge on any atom is 0.330 e. The first-order valence-electron chi connectivity index (χ1n) is 11.8. The van der Waals surface area contributed by atoms with Crippen molar-refractivity contribution in [1.29, 1.82) is 0 Å². The first-order chi connectivity index (χ1) is 17.6. The average Bonchev–Trinajstić information content (AvgIpc) is 3.34. The lowest BCUT2D eigenvalue weighted by molar-refractivity contribution is 0.0357. The van der Waals surface area contributed by atoms with Crippen LogP contribution in [0.4, 0.5) is 4.39 Å². The zero-order chi connectivity index (χ0) is 24.9. The van der Waals surface area contributed by atoms with E-state index in [1.54, 1.807) is 37.6 Å². The summed E-state index contributed by atoms with van der Waals surface area (Å²) in [6, 6.07) is 9.58. The highest BCUT2D eigenvalue weighted by Gasteiger charge is 2.15. The highest BCUT2D eigenvalue weighted by molar-refractivity contribution is 5.88. The Morgan fingerprint density at radius 2 is 1.94 bits per heavy atom. The van der Waals surface area contributed by atoms with E-state index in [2.05, 4.69) is 14.9 Å². The molecule has 0 saturated carbocycles. The molecule has 9 nitrogen and oxygen atoms in total. The van der Waals surface area contributed by atoms with Crippen LogP contribution >= 0.6 is 0 Å². The van der Waals surface area contributed by atoms with Gasteiger partial charge in [-0.25, -0.2) is 9.18 Å². The molecular weight excluding hydrogens is 467 g/mol. The van der Waals surface area contributed by atoms with Gasteiger partial charge in [-0.1, -0.05) is 0 Å². The molecule has 36 heavy (non-hydrogen) atoms. The second kappa shape index (κ2) is 10.8. The van der Waals surface area contributed by atoms with Crippen LogP contribution in [-0.2, 0) is 4.74 Å². The lowest BCUT2D eigenvalue weighted by Gasteiger charge is -2.26. The first kappa shape index (κ1) is 23.8. The summed E-state index contributed by atoms with van der Waals surface area (Å²) in [5.41, 5.74) is 0.671. The molecule has 188 valence electrons. The number of nitrogens with one attached hydrogen (secondary N) is 1. The second-order valence-corrected chi connectivity index (χ2v) is 8.34. The van der Waals surface area contributed by atoms with E-state index in [1.807, 2.05) is 0 Å². The topological polar surface area (TPSA) is 90.8 Å². The number of halogens is 1. The monoisotopic (exact) mass is 494 g/mol. The number of methoxy groups -OCH3 is 1. The van der Waals surface area contributed by atoms with E-state index in [0.29, 0.717) is 40.4 Å². The van der Waals surface area contributed by atoms with E-state index in [1.165, 1.54) is 29.1 Å². The fraction of sp³-hybridized carbons (Fsp3) is 0.308. The summed E-state index contributed by atoms with van der Waals surface area (Å²) in [7, 11) is 1.57. The van der Waals surface area contributed by atoms with Crippen molar-refractivity contribution in [2.75, 3.05) is 46.6 Å². The van der Waals surface area contributed by atoms with Crippen molar-refractivity contribution >= 4 is 10.9 Å². The van der Waals surface area contributed by atoms with Crippen LogP contribution < -0.4 is 19.9 Å². The fourth-order valence-electron chi connectivity index (χ4n) is 4.15. The smallest absolute Gasteiger partial charge is 0.330 e. The lowest BCUT2D eigenvalue weighted by atomic mass is 10.1. The van der Waals surface area contributed by atoms with Gasteiger partial charge in [0.25, 0.3) is 0 Å². The van der Waals surface area contributed by atoms with Crippen molar-refractivity contribution in [3.8, 4) is 28.7 Å². The van der Waals surface area contributed by atoms with E-state index in [0.717, 1.165) is 39.3 Å². The standard InChI is InChI=1S/C26H27FN4O5/c1-33-24-16-19-21(17-25(24)35-12-2-8-30-10-13-34-14-11-30)28-6-5-22(19)36-23-4-3-18(15-20(23)27)31-9-7-29-26(31)32/h3-7,9,15-17H,2,8,10-14H2,1H3,(H,29,32). The maximum absolute atomic E-state index is 14.9. The number of imidazole rings is 1. The number of hydrogen-bond acceptors (Lipinski definition) is 7. The van der Waals surface area contributed by atoms with Crippen molar-refractivity contribution in [1.82, 2.24) is 19.4 Å². The molecule has 2 aromatic heterocycles. The number of hydrogen-bond donors (Lipinski definition) is 1. The minimum absolute atomic E-state index is 0.0252. The second-order valence-electron chi connectivity index (χ2n) is 8.34. The van der Waals surface area contributed by atoms with Gasteiger partial charge in [0, 0.05) is 55.7 Å². The molecule has 1 N–H and O–H groups in total. The molecule has 0 amide bonds. The molecule has 0 atom stereocenters. The Bertz CT molecular complexity index is 1400. The van der Waals surface area contributed by atoms with Crippen LogP contribution in [0.1, 0.15) is 6.42 Å². The van der Waals surface area contributed by atoms with Gasteiger partial charge in [-0.05, 0) is 30.7 Å². The summed E-state index contributed by atoms with van der Waals surface area (Å²) in [5.74, 6) is 0.969. The fourth-order valence-corrected chi connectivity index (χ4v) is 4.15. The molecule has 0 spiro atoms. The Morgan fingerprint density at radius 3 is 2.69 bits per heavy atom. The highest BCUT2D eigenvalue weighted by Crippen LogP contribution is 2.37. The average molecular weight is 495 g/mol. The SMILES string of the molecule is COc1cc2c(Oc3ccc(-n4cc[nH]c4=O)cc3F)ccnc2cc1OCCCN1CCOCC1. The van der Waals surface area contributed by atoms with E-state index >= 15 is 0 Å². The molecule has 0 aliphatic carbocycles. The molecule has 0 radical (unpaired) electrons. The summed E-state index contributed by atoms with van der Waals surface area (Å²) in [6.07, 6.45) is 5.49. The van der Waals surface area contributed by atoms with E-state index in [4.69, 9.17) is 18.9 Å². The molecule has 4 aromatic rings. The Morgan fingerprint density at radius 1 is 1.08 bits per heavy atom. The number of rotatable bonds is 9. The zero-order valence-electron chi connectivity index (χ0n) is 19.9. The molecule has 0 bridgehead atoms. The number of pyridine rings is 1. The normalized spacial score (nSPS) is 14.2. The van der Waals surface area contributed by atoms with Crippen LogP contribution in [0.3, 0.4) is 0 Å². The van der Waals surface area contributed by atoms with Crippen LogP contribution in [-0.4, -0.2) is 66.0 Å². The Kier molecular flexibility index (Phi) is 7.15. The van der Waals surface area contributed by atoms with Crippen LogP contribution in [0.15, 0.2) is 59.8 Å². The summed E-state index contributed by atoms with van der Waals surface area (Å²) in [4.78, 5) is 21.1. The van der Waals surface area contributed by atoms with Gasteiger partial charge in [-0.15, -0.1) is 0 Å². The molecule has 1 saturated heterocycles. The molecule has 0 unspecified atom stereocenters. The minimum atomic E-state index is -0.599. The number of fused-ring (bicyclic) bond motifs is 1. The number of ether oxygens (including phenoxy) is 4. The van der Waals surface area contributed by atoms with Gasteiger partial charge in [-0.3, -0.25) is 14.5 Å². The van der Waals surface area contributed by atoms with Gasteiger partial charge >= 0.3 is 5.69 Å². The van der Waals surface area contributed by atoms with Crippen LogP contribution in [0.5, 0.6) is 23.0 Å². The van der Waals surface area contributed by atoms with Gasteiger partial charge < -0.3 is 23.9 Å². The van der Waals surface area contributed by atoms with Crippen molar-refractivity contribution in [2.45, 2.75) is 6.42 Å². The van der Waals surface area contributed by atoms with Gasteiger partial charge in [0.1, 0.15) is 5.75 Å². The predicted molar refractivity (Wildman–Crippen MR) is 132 cm³/mol. The quantitative estimate of drug-likeness (QED) is 0.355. The van der Waals surface area contributed by atoms with Gasteiger partial charge in [-0.2, -0.15) is 0 Å². The molecule has 1 aliphatic rings. The highest BCUT2D eigenvalue weighted by atomic mass is 19.1. The number of aromatic nitrogens is 3. The number of H-pyrrole nitrogens is 1. The summed E-state index contributed by atoms with van der Waals surface area (Å²) in [6.45, 7) is 4.92. The molecule has 2 aromatic carbocycles. The van der Waals surface area contributed by atoms with E-state index in [-0.39, 0.29) is 11.4 Å². The summed E-state index contributed by atoms with van der Waals surface area (Å²) >= 11 is 0. The molecule has 10 heteroatoms. The predicted octanol–water partition coefficient (Wildman–Crippen LogP) is 3.75. The third-order valence-electron chi connectivity index (χ3n) is 6.03. The number of nitrogens with zero attached hydrogens (tertiary/aromatic N) is 3. The lowest BCUT2D eigenvalue weighted by Crippen LogP contribution is -2.37. The Hall–Kier alpha value is -3.89. The van der Waals surface area contributed by atoms with E-state index < -0.39 is 5.82 Å². The molecule has 3 heterocycles. The largest absolute Gasteiger partial charge is 0.493 e. The van der Waals surface area contributed by atoms with Crippen molar-refractivity contribution in [3.63, 3.8) is 0 Å². The van der Waals surface area contributed by atoms with Crippen LogP contribution in [0.25, 0.3) is 16.6 Å². The van der Waals surface area contributed by atoms with Gasteiger partial charge in [0.2, 0.25) is 0 Å². The zero-order valence-corrected chi connectivity index (χ0v) is 19.9. The van der Waals surface area contributed by atoms with Crippen molar-refractivity contribution in [3.05, 3.63) is 71.3 Å². The van der Waals surface area contributed by atoms with Crippen molar-refractivity contribution in [2.24, 2.45) is 0 Å². The summed E-state index contributed by atoms with van der Waals surface area (Å²) in [5, 5.41) is 0.653. The van der Waals surface area contributed by atoms with Gasteiger partial charge in [0.15, 0.2) is 23.1 Å². The molecule has 1 fully saturated rings. The Balaban J connectivity index is 1.32. The Labute approximate surface area is 207 Å². The van der Waals surface area contributed by atoms with E-state index in [9.17, 15) is 9.18 Å². The van der Waals surface area contributed by atoms with Crippen LogP contribution in [0, 0.1) is 5.82 Å². The third kappa shape index (κ3) is 5.19. The summed E-state index contributed by atoms with van der Waals surface area (Å²) < 4.78 is 39.0. The van der Waals surface area contributed by atoms with Gasteiger partial charge in [0.05, 0.1) is 38.1 Å². The van der Waals surface area contributed by atoms with Crippen molar-refractivity contribution < 1.29 is 23.3 Å². The van der Waals surface area contributed by atoms with Crippen LogP contribution in [0.2, 0.25) is 0 Å².